The predicted octanol–water partition coefficient (Wildman–Crippen LogP) is 2.33. The number of amides is 1. The van der Waals surface area contributed by atoms with Crippen LogP contribution < -0.4 is 5.32 Å². The summed E-state index contributed by atoms with van der Waals surface area (Å²) < 4.78 is 0.687. The summed E-state index contributed by atoms with van der Waals surface area (Å²) >= 11 is 1.99. The number of rotatable bonds is 5. The highest BCUT2D eigenvalue weighted by Crippen LogP contribution is 2.20. The van der Waals surface area contributed by atoms with Crippen molar-refractivity contribution in [1.29, 1.82) is 0 Å². The van der Waals surface area contributed by atoms with Gasteiger partial charge >= 0.3 is 0 Å². The molecule has 4 nitrogen and oxygen atoms in total. The van der Waals surface area contributed by atoms with Crippen LogP contribution in [0.5, 0.6) is 5.75 Å². The Labute approximate surface area is 137 Å². The van der Waals surface area contributed by atoms with Crippen LogP contribution in [0.15, 0.2) is 48.5 Å². The molecule has 0 bridgehead atoms. The van der Waals surface area contributed by atoms with E-state index in [0.717, 1.165) is 5.56 Å². The molecule has 21 heavy (non-hydrogen) atoms. The second kappa shape index (κ2) is 7.42. The number of nitrogens with one attached hydrogen (secondary N) is 1. The van der Waals surface area contributed by atoms with E-state index in [1.54, 1.807) is 12.1 Å². The number of aliphatic hydroxyl groups is 1. The molecule has 3 N–H and O–H groups in total. The summed E-state index contributed by atoms with van der Waals surface area (Å²) in [5.74, 6) is -0.233. The zero-order chi connectivity index (χ0) is 15.2. The van der Waals surface area contributed by atoms with Gasteiger partial charge in [-0.3, -0.25) is 4.79 Å². The van der Waals surface area contributed by atoms with Gasteiger partial charge in [-0.25, -0.2) is 0 Å². The van der Waals surface area contributed by atoms with E-state index in [0.29, 0.717) is 15.6 Å². The fraction of sp³-hybridized carbons (Fsp3) is 0.188. The van der Waals surface area contributed by atoms with E-state index in [4.69, 9.17) is 0 Å². The number of aromatic hydroxyl groups is 1. The molecule has 0 fully saturated rings. The summed E-state index contributed by atoms with van der Waals surface area (Å²) in [4.78, 5) is 12.1. The highest BCUT2D eigenvalue weighted by atomic mass is 127. The number of halogens is 1. The van der Waals surface area contributed by atoms with Crippen LogP contribution in [0.2, 0.25) is 0 Å². The van der Waals surface area contributed by atoms with E-state index in [9.17, 15) is 15.0 Å². The minimum atomic E-state index is -0.360. The van der Waals surface area contributed by atoms with Crippen LogP contribution in [0.1, 0.15) is 15.9 Å². The van der Waals surface area contributed by atoms with Crippen LogP contribution in [-0.4, -0.2) is 28.8 Å². The number of aliphatic hydroxyl groups excluding tert-OH is 1. The molecule has 110 valence electrons. The standard InChI is InChI=1S/C16H16INO3/c17-14-7-6-12(9-15(14)20)16(21)18-13(10-19)8-11-4-2-1-3-5-11/h1-7,9,13,19-20H,8,10H2,(H,18,21)/t13-/m1/s1. The van der Waals surface area contributed by atoms with E-state index in [-0.39, 0.29) is 24.3 Å². The Bertz CT molecular complexity index is 616. The minimum absolute atomic E-state index is 0.0758. The third kappa shape index (κ3) is 4.44. The Kier molecular flexibility index (Phi) is 5.58. The molecule has 0 spiro atoms. The van der Waals surface area contributed by atoms with E-state index in [1.165, 1.54) is 6.07 Å². The third-order valence-corrected chi connectivity index (χ3v) is 4.00. The SMILES string of the molecule is O=C(N[C@@H](CO)Cc1ccccc1)c1ccc(I)c(O)c1. The fourth-order valence-electron chi connectivity index (χ4n) is 1.98. The quantitative estimate of drug-likeness (QED) is 0.679. The first-order valence-corrected chi connectivity index (χ1v) is 7.62. The summed E-state index contributed by atoms with van der Waals surface area (Å²) in [6.45, 7) is -0.142. The molecule has 1 amide bonds. The molecule has 1 atom stereocenters. The van der Waals surface area contributed by atoms with E-state index < -0.39 is 0 Å². The maximum absolute atomic E-state index is 12.1. The van der Waals surface area contributed by atoms with Crippen molar-refractivity contribution in [2.75, 3.05) is 6.61 Å². The Hall–Kier alpha value is -1.60. The van der Waals surface area contributed by atoms with Gasteiger partial charge in [0.25, 0.3) is 5.91 Å². The number of benzene rings is 2. The first kappa shape index (κ1) is 15.8. The van der Waals surface area contributed by atoms with Gasteiger partial charge in [0.2, 0.25) is 0 Å². The molecular weight excluding hydrogens is 381 g/mol. The molecule has 0 aliphatic heterocycles. The number of hydrogen-bond acceptors (Lipinski definition) is 3. The van der Waals surface area contributed by atoms with Crippen molar-refractivity contribution in [3.63, 3.8) is 0 Å². The molecule has 0 aliphatic carbocycles. The van der Waals surface area contributed by atoms with Crippen molar-refractivity contribution in [3.8, 4) is 5.75 Å². The van der Waals surface area contributed by atoms with Crippen molar-refractivity contribution >= 4 is 28.5 Å². The van der Waals surface area contributed by atoms with Crippen LogP contribution in [0.3, 0.4) is 0 Å². The summed E-state index contributed by atoms with van der Waals surface area (Å²) in [6, 6.07) is 14.0. The summed E-state index contributed by atoms with van der Waals surface area (Å²) in [6.07, 6.45) is 0.555. The lowest BCUT2D eigenvalue weighted by molar-refractivity contribution is 0.0916. The molecule has 2 aromatic rings. The minimum Gasteiger partial charge on any atom is -0.507 e. The molecule has 0 heterocycles. The molecule has 0 saturated heterocycles. The van der Waals surface area contributed by atoms with Crippen molar-refractivity contribution in [2.24, 2.45) is 0 Å². The average molecular weight is 397 g/mol. The second-order valence-corrected chi connectivity index (χ2v) is 5.87. The molecule has 5 heteroatoms. The Balaban J connectivity index is 2.04. The zero-order valence-corrected chi connectivity index (χ0v) is 13.4. The molecule has 0 aromatic heterocycles. The van der Waals surface area contributed by atoms with E-state index in [1.807, 2.05) is 52.9 Å². The lowest BCUT2D eigenvalue weighted by Gasteiger charge is -2.16. The van der Waals surface area contributed by atoms with Gasteiger partial charge in [-0.2, -0.15) is 0 Å². The number of phenolic OH excluding ortho intramolecular Hbond substituents is 1. The van der Waals surface area contributed by atoms with Crippen LogP contribution in [0, 0.1) is 3.57 Å². The van der Waals surface area contributed by atoms with Crippen LogP contribution in [-0.2, 0) is 6.42 Å². The number of carbonyl (C=O) groups is 1. The topological polar surface area (TPSA) is 69.6 Å². The molecule has 0 unspecified atom stereocenters. The molecule has 2 rings (SSSR count). The largest absolute Gasteiger partial charge is 0.507 e. The molecule has 0 radical (unpaired) electrons. The monoisotopic (exact) mass is 397 g/mol. The normalized spacial score (nSPS) is 11.9. The highest BCUT2D eigenvalue weighted by molar-refractivity contribution is 14.1. The maximum atomic E-state index is 12.1. The third-order valence-electron chi connectivity index (χ3n) is 3.09. The molecule has 0 saturated carbocycles. The Morgan fingerprint density at radius 3 is 2.52 bits per heavy atom. The van der Waals surface area contributed by atoms with Crippen LogP contribution in [0.25, 0.3) is 0 Å². The number of hydrogen-bond donors (Lipinski definition) is 3. The molecular formula is C16H16INO3. The zero-order valence-electron chi connectivity index (χ0n) is 11.3. The predicted molar refractivity (Wildman–Crippen MR) is 89.3 cm³/mol. The lowest BCUT2D eigenvalue weighted by Crippen LogP contribution is -2.39. The number of phenols is 1. The van der Waals surface area contributed by atoms with Crippen molar-refractivity contribution in [3.05, 3.63) is 63.2 Å². The van der Waals surface area contributed by atoms with Crippen LogP contribution in [0.4, 0.5) is 0 Å². The Morgan fingerprint density at radius 2 is 1.90 bits per heavy atom. The summed E-state index contributed by atoms with van der Waals surface area (Å²) in [5, 5.41) is 21.8. The highest BCUT2D eigenvalue weighted by Gasteiger charge is 2.14. The molecule has 0 aliphatic rings. The smallest absolute Gasteiger partial charge is 0.251 e. The van der Waals surface area contributed by atoms with E-state index >= 15 is 0 Å². The molecule has 2 aromatic carbocycles. The Morgan fingerprint density at radius 1 is 1.19 bits per heavy atom. The first-order valence-electron chi connectivity index (χ1n) is 6.54. The first-order chi connectivity index (χ1) is 10.1. The van der Waals surface area contributed by atoms with Gasteiger partial charge in [-0.1, -0.05) is 30.3 Å². The van der Waals surface area contributed by atoms with Crippen LogP contribution >= 0.6 is 22.6 Å². The van der Waals surface area contributed by atoms with Gasteiger partial charge in [-0.05, 0) is 52.8 Å². The van der Waals surface area contributed by atoms with Crippen molar-refractivity contribution in [1.82, 2.24) is 5.32 Å². The van der Waals surface area contributed by atoms with Gasteiger partial charge in [0.15, 0.2) is 0 Å². The average Bonchev–Trinajstić information content (AvgIpc) is 2.50. The van der Waals surface area contributed by atoms with Gasteiger partial charge in [0.1, 0.15) is 5.75 Å². The van der Waals surface area contributed by atoms with Crippen molar-refractivity contribution in [2.45, 2.75) is 12.5 Å². The number of carbonyl (C=O) groups excluding carboxylic acids is 1. The fourth-order valence-corrected chi connectivity index (χ4v) is 2.32. The maximum Gasteiger partial charge on any atom is 0.251 e. The van der Waals surface area contributed by atoms with E-state index in [2.05, 4.69) is 5.32 Å². The van der Waals surface area contributed by atoms with Crippen molar-refractivity contribution < 1.29 is 15.0 Å². The second-order valence-electron chi connectivity index (χ2n) is 4.71. The van der Waals surface area contributed by atoms with Gasteiger partial charge in [0.05, 0.1) is 16.2 Å². The van der Waals surface area contributed by atoms with Gasteiger partial charge in [0, 0.05) is 5.56 Å². The lowest BCUT2D eigenvalue weighted by atomic mass is 10.1. The van der Waals surface area contributed by atoms with Gasteiger partial charge in [-0.15, -0.1) is 0 Å². The summed E-state index contributed by atoms with van der Waals surface area (Å²) in [5.41, 5.74) is 1.42. The summed E-state index contributed by atoms with van der Waals surface area (Å²) in [7, 11) is 0. The van der Waals surface area contributed by atoms with Gasteiger partial charge < -0.3 is 15.5 Å².